The molecule has 4 rings (SSSR count). The minimum absolute atomic E-state index is 0.107. The Morgan fingerprint density at radius 3 is 1.45 bits per heavy atom. The first-order valence-electron chi connectivity index (χ1n) is 11.5. The van der Waals surface area contributed by atoms with Crippen LogP contribution in [-0.2, 0) is 38.0 Å². The second-order valence-corrected chi connectivity index (χ2v) is 8.46. The quantitative estimate of drug-likeness (QED) is 0.290. The third-order valence-corrected chi connectivity index (χ3v) is 5.85. The number of benzene rings is 2. The molecule has 38 heavy (non-hydrogen) atoms. The van der Waals surface area contributed by atoms with Crippen molar-refractivity contribution in [3.63, 3.8) is 0 Å². The van der Waals surface area contributed by atoms with Gasteiger partial charge in [0.2, 0.25) is 0 Å². The van der Waals surface area contributed by atoms with Crippen molar-refractivity contribution in [2.45, 2.75) is 50.8 Å². The molecule has 0 aliphatic carbocycles. The lowest BCUT2D eigenvalue weighted by Crippen LogP contribution is -2.57. The third kappa shape index (κ3) is 5.94. The number of ether oxygens (including phenoxy) is 6. The molecule has 0 bridgehead atoms. The number of rotatable bonds is 7. The van der Waals surface area contributed by atoms with Crippen LogP contribution in [0.1, 0.15) is 37.6 Å². The molecular weight excluding hydrogens is 508 g/mol. The van der Waals surface area contributed by atoms with Crippen LogP contribution in [0.4, 0.5) is 11.4 Å². The molecule has 0 radical (unpaired) electrons. The number of esters is 2. The zero-order chi connectivity index (χ0) is 27.4. The van der Waals surface area contributed by atoms with E-state index >= 15 is 0 Å². The molecule has 2 aromatic rings. The number of nitro benzene ring substituents is 2. The summed E-state index contributed by atoms with van der Waals surface area (Å²) in [5.41, 5.74) is -0.306. The molecule has 202 valence electrons. The predicted octanol–water partition coefficient (Wildman–Crippen LogP) is 2.89. The van der Waals surface area contributed by atoms with E-state index in [1.165, 1.54) is 50.2 Å². The van der Waals surface area contributed by atoms with E-state index in [1.807, 2.05) is 0 Å². The lowest BCUT2D eigenvalue weighted by molar-refractivity contribution is -0.391. The molecule has 6 atom stereocenters. The number of para-hydroxylation sites is 2. The SMILES string of the molecule is CC(=O)O[C@@H]1CO[C@@H](c2ccccc2[N+](=O)[O-])O[C@@H]1[C@H]1O[C@@H](c2ccccc2[N+](=O)[O-])OC[C@H]1OC(C)=O. The number of carbonyl (C=O) groups excluding carboxylic acids is 2. The van der Waals surface area contributed by atoms with Crippen LogP contribution in [0.5, 0.6) is 0 Å². The van der Waals surface area contributed by atoms with E-state index in [0.29, 0.717) is 0 Å². The highest BCUT2D eigenvalue weighted by Gasteiger charge is 2.49. The van der Waals surface area contributed by atoms with E-state index in [1.54, 1.807) is 12.1 Å². The maximum Gasteiger partial charge on any atom is 0.303 e. The second kappa shape index (κ2) is 11.6. The lowest BCUT2D eigenvalue weighted by Gasteiger charge is -2.44. The molecule has 0 amide bonds. The van der Waals surface area contributed by atoms with Crippen LogP contribution in [0.25, 0.3) is 0 Å². The summed E-state index contributed by atoms with van der Waals surface area (Å²) in [5.74, 6) is -1.33. The fourth-order valence-corrected chi connectivity index (χ4v) is 4.33. The second-order valence-electron chi connectivity index (χ2n) is 8.46. The van der Waals surface area contributed by atoms with Gasteiger partial charge in [0.05, 0.1) is 34.2 Å². The van der Waals surface area contributed by atoms with Crippen molar-refractivity contribution in [1.29, 1.82) is 0 Å². The highest BCUT2D eigenvalue weighted by molar-refractivity contribution is 5.66. The van der Waals surface area contributed by atoms with E-state index in [2.05, 4.69) is 0 Å². The average molecular weight is 532 g/mol. The molecule has 14 heteroatoms. The molecule has 0 unspecified atom stereocenters. The lowest BCUT2D eigenvalue weighted by atomic mass is 9.99. The first kappa shape index (κ1) is 27.1. The number of hydrogen-bond acceptors (Lipinski definition) is 12. The van der Waals surface area contributed by atoms with E-state index in [4.69, 9.17) is 28.4 Å². The minimum Gasteiger partial charge on any atom is -0.457 e. The summed E-state index contributed by atoms with van der Waals surface area (Å²) in [6, 6.07) is 11.6. The molecule has 0 aromatic heterocycles. The Balaban J connectivity index is 1.71. The number of hydrogen-bond donors (Lipinski definition) is 0. The summed E-state index contributed by atoms with van der Waals surface area (Å²) in [5, 5.41) is 23.2. The molecule has 2 fully saturated rings. The smallest absolute Gasteiger partial charge is 0.303 e. The van der Waals surface area contributed by atoms with Gasteiger partial charge in [-0.3, -0.25) is 29.8 Å². The first-order chi connectivity index (χ1) is 18.2. The van der Waals surface area contributed by atoms with Gasteiger partial charge in [-0.05, 0) is 12.1 Å². The Morgan fingerprint density at radius 2 is 1.11 bits per heavy atom. The topological polar surface area (TPSA) is 176 Å². The van der Waals surface area contributed by atoms with Crippen LogP contribution >= 0.6 is 0 Å². The molecule has 14 nitrogen and oxygen atoms in total. The molecule has 0 N–H and O–H groups in total. The zero-order valence-corrected chi connectivity index (χ0v) is 20.3. The average Bonchev–Trinajstić information content (AvgIpc) is 2.88. The Hall–Kier alpha value is -3.98. The van der Waals surface area contributed by atoms with Gasteiger partial charge in [-0.15, -0.1) is 0 Å². The molecule has 2 heterocycles. The number of carbonyl (C=O) groups is 2. The maximum atomic E-state index is 11.9. The zero-order valence-electron chi connectivity index (χ0n) is 20.3. The van der Waals surface area contributed by atoms with E-state index < -0.39 is 58.8 Å². The van der Waals surface area contributed by atoms with Gasteiger partial charge < -0.3 is 28.4 Å². The summed E-state index contributed by atoms with van der Waals surface area (Å²) in [7, 11) is 0. The van der Waals surface area contributed by atoms with Crippen molar-refractivity contribution in [1.82, 2.24) is 0 Å². The van der Waals surface area contributed by atoms with Crippen LogP contribution < -0.4 is 0 Å². The molecule has 0 saturated carbocycles. The highest BCUT2D eigenvalue weighted by atomic mass is 16.8. The summed E-state index contributed by atoms with van der Waals surface area (Å²) in [6.45, 7) is 1.89. The van der Waals surface area contributed by atoms with Crippen molar-refractivity contribution in [3.8, 4) is 0 Å². The Morgan fingerprint density at radius 1 is 0.737 bits per heavy atom. The predicted molar refractivity (Wildman–Crippen MR) is 124 cm³/mol. The molecular formula is C24H24N2O12. The van der Waals surface area contributed by atoms with Crippen LogP contribution in [0.15, 0.2) is 48.5 Å². The summed E-state index contributed by atoms with van der Waals surface area (Å²) in [4.78, 5) is 45.7. The molecule has 2 aliphatic heterocycles. The van der Waals surface area contributed by atoms with Crippen LogP contribution in [0.3, 0.4) is 0 Å². The highest BCUT2D eigenvalue weighted by Crippen LogP contribution is 2.40. The van der Waals surface area contributed by atoms with Crippen LogP contribution in [0.2, 0.25) is 0 Å². The van der Waals surface area contributed by atoms with Crippen molar-refractivity contribution < 1.29 is 47.9 Å². The fourth-order valence-electron chi connectivity index (χ4n) is 4.33. The number of nitrogens with zero attached hydrogens (tertiary/aromatic N) is 2. The van der Waals surface area contributed by atoms with Crippen LogP contribution in [0, 0.1) is 20.2 Å². The summed E-state index contributed by atoms with van der Waals surface area (Å²) in [6.07, 6.45) is -7.00. The van der Waals surface area contributed by atoms with Crippen LogP contribution in [-0.4, -0.2) is 59.4 Å². The van der Waals surface area contributed by atoms with Gasteiger partial charge in [0, 0.05) is 26.0 Å². The van der Waals surface area contributed by atoms with Gasteiger partial charge in [0.1, 0.15) is 12.2 Å². The Bertz CT molecular complexity index is 1130. The van der Waals surface area contributed by atoms with E-state index in [9.17, 15) is 29.8 Å². The Kier molecular flexibility index (Phi) is 8.26. The van der Waals surface area contributed by atoms with Crippen molar-refractivity contribution in [2.24, 2.45) is 0 Å². The van der Waals surface area contributed by atoms with Crippen molar-refractivity contribution in [2.75, 3.05) is 13.2 Å². The molecule has 2 saturated heterocycles. The van der Waals surface area contributed by atoms with Crippen molar-refractivity contribution >= 4 is 23.3 Å². The fraction of sp³-hybridized carbons (Fsp3) is 0.417. The van der Waals surface area contributed by atoms with Gasteiger partial charge in [0.25, 0.3) is 11.4 Å². The monoisotopic (exact) mass is 532 g/mol. The van der Waals surface area contributed by atoms with Gasteiger partial charge in [0.15, 0.2) is 24.8 Å². The van der Waals surface area contributed by atoms with Crippen molar-refractivity contribution in [3.05, 3.63) is 79.9 Å². The third-order valence-electron chi connectivity index (χ3n) is 5.85. The molecule has 0 spiro atoms. The standard InChI is InChI=1S/C24H24N2O12/c1-13(27)35-19-11-33-23(15-7-3-5-9-17(15)25(29)30)37-21(19)22-20(36-14(2)28)12-34-24(38-22)16-8-4-6-10-18(16)26(31)32/h3-10,19-24H,11-12H2,1-2H3/t19-,20-,21+,22+,23-,24+/m1/s1. The van der Waals surface area contributed by atoms with Gasteiger partial charge in [-0.25, -0.2) is 0 Å². The Labute approximate surface area is 215 Å². The summed E-state index contributed by atoms with van der Waals surface area (Å²) < 4.78 is 34.3. The summed E-state index contributed by atoms with van der Waals surface area (Å²) >= 11 is 0. The van der Waals surface area contributed by atoms with E-state index in [-0.39, 0.29) is 35.7 Å². The normalized spacial score (nSPS) is 27.2. The minimum atomic E-state index is -1.26. The molecule has 2 aliphatic rings. The van der Waals surface area contributed by atoms with Gasteiger partial charge in [-0.2, -0.15) is 0 Å². The van der Waals surface area contributed by atoms with Gasteiger partial charge in [-0.1, -0.05) is 24.3 Å². The largest absolute Gasteiger partial charge is 0.457 e. The number of nitro groups is 2. The van der Waals surface area contributed by atoms with Gasteiger partial charge >= 0.3 is 11.9 Å². The maximum absolute atomic E-state index is 11.9. The molecule has 2 aromatic carbocycles. The first-order valence-corrected chi connectivity index (χ1v) is 11.5. The van der Waals surface area contributed by atoms with E-state index in [0.717, 1.165) is 0 Å².